The lowest BCUT2D eigenvalue weighted by molar-refractivity contribution is -0.114. The fourth-order valence-corrected chi connectivity index (χ4v) is 2.45. The van der Waals surface area contributed by atoms with Crippen LogP contribution in [0.4, 0.5) is 17.1 Å². The van der Waals surface area contributed by atoms with E-state index in [1.807, 2.05) is 62.3 Å². The van der Waals surface area contributed by atoms with Crippen molar-refractivity contribution >= 4 is 23.0 Å². The van der Waals surface area contributed by atoms with Crippen molar-refractivity contribution in [2.75, 3.05) is 36.2 Å². The summed E-state index contributed by atoms with van der Waals surface area (Å²) < 4.78 is 0. The summed E-state index contributed by atoms with van der Waals surface area (Å²) in [7, 11) is 4.01. The van der Waals surface area contributed by atoms with Crippen LogP contribution in [0.2, 0.25) is 0 Å². The fourth-order valence-electron chi connectivity index (χ4n) is 2.45. The van der Waals surface area contributed by atoms with Crippen LogP contribution in [-0.2, 0) is 11.2 Å². The molecule has 2 aromatic rings. The van der Waals surface area contributed by atoms with E-state index in [0.29, 0.717) is 0 Å². The van der Waals surface area contributed by atoms with E-state index in [9.17, 15) is 4.79 Å². The van der Waals surface area contributed by atoms with Crippen molar-refractivity contribution < 1.29 is 4.79 Å². The number of nitrogens with zero attached hydrogens (tertiary/aromatic N) is 1. The van der Waals surface area contributed by atoms with E-state index in [-0.39, 0.29) is 12.5 Å². The standard InChI is InChI=1S/C19H25N3O/c1-5-15-8-6-7-14(2)19(15)21-18(23)13-20-16-9-11-17(12-10-16)22(3)4/h6-12,20H,5,13H2,1-4H3,(H,21,23). The summed E-state index contributed by atoms with van der Waals surface area (Å²) in [4.78, 5) is 14.2. The van der Waals surface area contributed by atoms with Gasteiger partial charge in [-0.3, -0.25) is 4.79 Å². The molecule has 0 radical (unpaired) electrons. The molecule has 2 aromatic carbocycles. The minimum atomic E-state index is -0.0364. The summed E-state index contributed by atoms with van der Waals surface area (Å²) in [5, 5.41) is 6.18. The van der Waals surface area contributed by atoms with E-state index in [0.717, 1.165) is 34.6 Å². The number of hydrogen-bond donors (Lipinski definition) is 2. The third kappa shape index (κ3) is 4.49. The molecule has 23 heavy (non-hydrogen) atoms. The van der Waals surface area contributed by atoms with Crippen molar-refractivity contribution in [3.8, 4) is 0 Å². The van der Waals surface area contributed by atoms with E-state index in [1.54, 1.807) is 0 Å². The Kier molecular flexibility index (Phi) is 5.63. The largest absolute Gasteiger partial charge is 0.378 e. The Morgan fingerprint density at radius 2 is 1.78 bits per heavy atom. The van der Waals surface area contributed by atoms with Gasteiger partial charge in [0.05, 0.1) is 6.54 Å². The molecule has 0 atom stereocenters. The van der Waals surface area contributed by atoms with Crippen molar-refractivity contribution in [1.29, 1.82) is 0 Å². The molecule has 0 fully saturated rings. The Hall–Kier alpha value is -2.49. The zero-order chi connectivity index (χ0) is 16.8. The lowest BCUT2D eigenvalue weighted by Gasteiger charge is -2.15. The average Bonchev–Trinajstić information content (AvgIpc) is 2.55. The molecule has 0 spiro atoms. The Balaban J connectivity index is 1.95. The van der Waals surface area contributed by atoms with Gasteiger partial charge in [0.2, 0.25) is 5.91 Å². The quantitative estimate of drug-likeness (QED) is 0.855. The molecule has 0 heterocycles. The number of anilines is 3. The maximum atomic E-state index is 12.2. The first-order valence-electron chi connectivity index (χ1n) is 7.91. The van der Waals surface area contributed by atoms with Crippen molar-refractivity contribution in [3.63, 3.8) is 0 Å². The van der Waals surface area contributed by atoms with Gasteiger partial charge >= 0.3 is 0 Å². The molecule has 4 nitrogen and oxygen atoms in total. The van der Waals surface area contributed by atoms with Gasteiger partial charge in [0.1, 0.15) is 0 Å². The Bertz CT molecular complexity index is 663. The Morgan fingerprint density at radius 3 is 2.39 bits per heavy atom. The van der Waals surface area contributed by atoms with Gasteiger partial charge in [-0.15, -0.1) is 0 Å². The Labute approximate surface area is 138 Å². The first-order chi connectivity index (χ1) is 11.0. The molecule has 0 aliphatic rings. The molecule has 0 unspecified atom stereocenters. The van der Waals surface area contributed by atoms with Crippen molar-refractivity contribution in [2.45, 2.75) is 20.3 Å². The topological polar surface area (TPSA) is 44.4 Å². The zero-order valence-electron chi connectivity index (χ0n) is 14.3. The second-order valence-corrected chi connectivity index (χ2v) is 5.81. The van der Waals surface area contributed by atoms with Gasteiger partial charge in [-0.2, -0.15) is 0 Å². The molecule has 0 saturated carbocycles. The minimum absolute atomic E-state index is 0.0364. The molecule has 0 saturated heterocycles. The van der Waals surface area contributed by atoms with E-state index in [1.165, 1.54) is 0 Å². The zero-order valence-corrected chi connectivity index (χ0v) is 14.3. The van der Waals surface area contributed by atoms with Gasteiger partial charge in [0.25, 0.3) is 0 Å². The number of carbonyl (C=O) groups excluding carboxylic acids is 1. The summed E-state index contributed by atoms with van der Waals surface area (Å²) in [6, 6.07) is 14.1. The van der Waals surface area contributed by atoms with Crippen molar-refractivity contribution in [1.82, 2.24) is 0 Å². The minimum Gasteiger partial charge on any atom is -0.378 e. The molecular formula is C19H25N3O. The van der Waals surface area contributed by atoms with Gasteiger partial charge in [0, 0.05) is 31.2 Å². The maximum Gasteiger partial charge on any atom is 0.243 e. The Morgan fingerprint density at radius 1 is 1.09 bits per heavy atom. The number of benzene rings is 2. The molecule has 0 aliphatic carbocycles. The van der Waals surface area contributed by atoms with Crippen LogP contribution in [0.1, 0.15) is 18.1 Å². The van der Waals surface area contributed by atoms with Crippen molar-refractivity contribution in [3.05, 3.63) is 53.6 Å². The number of amides is 1. The third-order valence-corrected chi connectivity index (χ3v) is 3.84. The molecule has 122 valence electrons. The van der Waals surface area contributed by atoms with Crippen LogP contribution in [0.25, 0.3) is 0 Å². The van der Waals surface area contributed by atoms with Gasteiger partial charge in [0.15, 0.2) is 0 Å². The number of nitrogens with one attached hydrogen (secondary N) is 2. The molecule has 4 heteroatoms. The summed E-state index contributed by atoms with van der Waals surface area (Å²) in [6.45, 7) is 4.36. The molecule has 0 bridgehead atoms. The number of carbonyl (C=O) groups is 1. The molecular weight excluding hydrogens is 286 g/mol. The molecule has 0 aliphatic heterocycles. The predicted octanol–water partition coefficient (Wildman–Crippen LogP) is 3.67. The normalized spacial score (nSPS) is 10.3. The van der Waals surface area contributed by atoms with E-state index >= 15 is 0 Å². The molecule has 2 N–H and O–H groups in total. The van der Waals surface area contributed by atoms with Crippen LogP contribution >= 0.6 is 0 Å². The predicted molar refractivity (Wildman–Crippen MR) is 98.4 cm³/mol. The highest BCUT2D eigenvalue weighted by molar-refractivity contribution is 5.95. The second kappa shape index (κ2) is 7.68. The number of para-hydroxylation sites is 1. The fraction of sp³-hybridized carbons (Fsp3) is 0.316. The van der Waals surface area contributed by atoms with Gasteiger partial charge in [-0.05, 0) is 48.7 Å². The summed E-state index contributed by atoms with van der Waals surface area (Å²) in [6.07, 6.45) is 0.900. The second-order valence-electron chi connectivity index (χ2n) is 5.81. The summed E-state index contributed by atoms with van der Waals surface area (Å²) in [5.74, 6) is -0.0364. The van der Waals surface area contributed by atoms with Crippen LogP contribution in [0, 0.1) is 6.92 Å². The van der Waals surface area contributed by atoms with E-state index < -0.39 is 0 Å². The van der Waals surface area contributed by atoms with E-state index in [4.69, 9.17) is 0 Å². The highest BCUT2D eigenvalue weighted by atomic mass is 16.1. The summed E-state index contributed by atoms with van der Waals surface area (Å²) in [5.41, 5.74) is 5.25. The number of rotatable bonds is 6. The van der Waals surface area contributed by atoms with Crippen LogP contribution in [0.5, 0.6) is 0 Å². The lowest BCUT2D eigenvalue weighted by Crippen LogP contribution is -2.23. The summed E-state index contributed by atoms with van der Waals surface area (Å²) >= 11 is 0. The molecule has 0 aromatic heterocycles. The highest BCUT2D eigenvalue weighted by Gasteiger charge is 2.08. The maximum absolute atomic E-state index is 12.2. The van der Waals surface area contributed by atoms with Crippen LogP contribution in [-0.4, -0.2) is 26.5 Å². The smallest absolute Gasteiger partial charge is 0.243 e. The van der Waals surface area contributed by atoms with Crippen LogP contribution in [0.3, 0.4) is 0 Å². The lowest BCUT2D eigenvalue weighted by atomic mass is 10.1. The first-order valence-corrected chi connectivity index (χ1v) is 7.91. The monoisotopic (exact) mass is 311 g/mol. The van der Waals surface area contributed by atoms with Gasteiger partial charge < -0.3 is 15.5 Å². The average molecular weight is 311 g/mol. The van der Waals surface area contributed by atoms with E-state index in [2.05, 4.69) is 23.6 Å². The van der Waals surface area contributed by atoms with Crippen LogP contribution in [0.15, 0.2) is 42.5 Å². The molecule has 2 rings (SSSR count). The van der Waals surface area contributed by atoms with Gasteiger partial charge in [-0.1, -0.05) is 25.1 Å². The van der Waals surface area contributed by atoms with Crippen molar-refractivity contribution in [2.24, 2.45) is 0 Å². The SMILES string of the molecule is CCc1cccc(C)c1NC(=O)CNc1ccc(N(C)C)cc1. The number of hydrogen-bond acceptors (Lipinski definition) is 3. The van der Waals surface area contributed by atoms with Gasteiger partial charge in [-0.25, -0.2) is 0 Å². The van der Waals surface area contributed by atoms with Crippen LogP contribution < -0.4 is 15.5 Å². The number of aryl methyl sites for hydroxylation is 2. The molecule has 1 amide bonds. The third-order valence-electron chi connectivity index (χ3n) is 3.84. The highest BCUT2D eigenvalue weighted by Crippen LogP contribution is 2.21. The first kappa shape index (κ1) is 16.9.